The average molecular weight is 451 g/mol. The summed E-state index contributed by atoms with van der Waals surface area (Å²) in [7, 11) is 0. The molecule has 4 rings (SSSR count). The van der Waals surface area contributed by atoms with Crippen LogP contribution in [0.5, 0.6) is 0 Å². The number of aliphatic hydroxyl groups is 3. The van der Waals surface area contributed by atoms with Crippen LogP contribution in [0.25, 0.3) is 0 Å². The van der Waals surface area contributed by atoms with Crippen molar-refractivity contribution in [2.24, 2.45) is 0 Å². The molecule has 0 radical (unpaired) electrons. The van der Waals surface area contributed by atoms with E-state index in [1.165, 1.54) is 0 Å². The van der Waals surface area contributed by atoms with Gasteiger partial charge in [0.05, 0.1) is 19.8 Å². The fourth-order valence-corrected chi connectivity index (χ4v) is 4.05. The van der Waals surface area contributed by atoms with Crippen molar-refractivity contribution in [3.05, 3.63) is 108 Å². The Kier molecular flexibility index (Phi) is 8.23. The summed E-state index contributed by atoms with van der Waals surface area (Å²) < 4.78 is 17.9. The van der Waals surface area contributed by atoms with Crippen LogP contribution in [-0.4, -0.2) is 51.9 Å². The average Bonchev–Trinajstić information content (AvgIpc) is 2.86. The third-order valence-corrected chi connectivity index (χ3v) is 5.88. The van der Waals surface area contributed by atoms with Gasteiger partial charge in [-0.15, -0.1) is 0 Å². The first-order chi connectivity index (χ1) is 16.1. The molecule has 6 atom stereocenters. The Morgan fingerprint density at radius 2 is 0.727 bits per heavy atom. The van der Waals surface area contributed by atoms with E-state index in [-0.39, 0.29) is 19.8 Å². The summed E-state index contributed by atoms with van der Waals surface area (Å²) in [5.41, 5.74) is 2.74. The van der Waals surface area contributed by atoms with Crippen LogP contribution in [0.15, 0.2) is 91.0 Å². The van der Waals surface area contributed by atoms with E-state index in [1.54, 1.807) is 0 Å². The highest BCUT2D eigenvalue weighted by atomic mass is 16.6. The lowest BCUT2D eigenvalue weighted by molar-refractivity contribution is -0.262. The zero-order valence-corrected chi connectivity index (χ0v) is 18.3. The van der Waals surface area contributed by atoms with Crippen molar-refractivity contribution in [3.8, 4) is 0 Å². The molecule has 0 saturated heterocycles. The molecule has 3 aromatic carbocycles. The van der Waals surface area contributed by atoms with Crippen LogP contribution in [0, 0.1) is 0 Å². The van der Waals surface area contributed by atoms with Crippen LogP contribution in [-0.2, 0) is 34.0 Å². The highest BCUT2D eigenvalue weighted by molar-refractivity contribution is 5.16. The maximum Gasteiger partial charge on any atom is 0.115 e. The van der Waals surface area contributed by atoms with E-state index in [2.05, 4.69) is 0 Å². The molecular weight excluding hydrogens is 420 g/mol. The van der Waals surface area contributed by atoms with Crippen LogP contribution >= 0.6 is 0 Å². The van der Waals surface area contributed by atoms with Crippen molar-refractivity contribution in [2.45, 2.75) is 56.4 Å². The fraction of sp³-hybridized carbons (Fsp3) is 0.333. The molecule has 174 valence electrons. The summed E-state index contributed by atoms with van der Waals surface area (Å²) in [6, 6.07) is 28.6. The van der Waals surface area contributed by atoms with Gasteiger partial charge in [0.1, 0.15) is 36.6 Å². The van der Waals surface area contributed by atoms with Crippen LogP contribution in [0.4, 0.5) is 0 Å². The van der Waals surface area contributed by atoms with Crippen LogP contribution in [0.2, 0.25) is 0 Å². The van der Waals surface area contributed by atoms with E-state index >= 15 is 0 Å². The molecule has 1 aliphatic rings. The Labute approximate surface area is 194 Å². The molecule has 1 saturated carbocycles. The van der Waals surface area contributed by atoms with Gasteiger partial charge < -0.3 is 29.5 Å². The van der Waals surface area contributed by atoms with Crippen LogP contribution in [0.1, 0.15) is 16.7 Å². The zero-order valence-electron chi connectivity index (χ0n) is 18.3. The van der Waals surface area contributed by atoms with Crippen LogP contribution in [0.3, 0.4) is 0 Å². The van der Waals surface area contributed by atoms with Gasteiger partial charge in [-0.2, -0.15) is 0 Å². The third kappa shape index (κ3) is 6.06. The second kappa shape index (κ2) is 11.5. The van der Waals surface area contributed by atoms with E-state index in [1.807, 2.05) is 91.0 Å². The molecule has 0 aliphatic heterocycles. The van der Waals surface area contributed by atoms with Crippen molar-refractivity contribution < 1.29 is 29.5 Å². The first-order valence-corrected chi connectivity index (χ1v) is 11.1. The molecule has 0 unspecified atom stereocenters. The molecule has 0 amide bonds. The molecule has 6 heteroatoms. The van der Waals surface area contributed by atoms with E-state index in [9.17, 15) is 15.3 Å². The maximum absolute atomic E-state index is 11.1. The van der Waals surface area contributed by atoms with Crippen molar-refractivity contribution in [2.75, 3.05) is 0 Å². The number of hydrogen-bond donors (Lipinski definition) is 3. The minimum absolute atomic E-state index is 0.188. The number of aliphatic hydroxyl groups excluding tert-OH is 3. The first-order valence-electron chi connectivity index (χ1n) is 11.1. The molecule has 0 bridgehead atoms. The second-order valence-corrected chi connectivity index (χ2v) is 8.26. The summed E-state index contributed by atoms with van der Waals surface area (Å²) in [6.07, 6.45) is -6.68. The summed E-state index contributed by atoms with van der Waals surface area (Å²) in [6.45, 7) is 0.623. The highest BCUT2D eigenvalue weighted by Crippen LogP contribution is 2.30. The summed E-state index contributed by atoms with van der Waals surface area (Å²) in [4.78, 5) is 0. The normalized spacial score (nSPS) is 27.4. The van der Waals surface area contributed by atoms with Gasteiger partial charge in [-0.3, -0.25) is 0 Å². The lowest BCUT2D eigenvalue weighted by atomic mass is 9.84. The highest BCUT2D eigenvalue weighted by Gasteiger charge is 2.51. The molecule has 0 heterocycles. The summed E-state index contributed by atoms with van der Waals surface area (Å²) in [5.74, 6) is 0. The number of rotatable bonds is 9. The Balaban J connectivity index is 1.49. The van der Waals surface area contributed by atoms with E-state index < -0.39 is 36.6 Å². The summed E-state index contributed by atoms with van der Waals surface area (Å²) in [5, 5.41) is 32.8. The largest absolute Gasteiger partial charge is 0.387 e. The molecule has 3 aromatic rings. The number of ether oxygens (including phenoxy) is 3. The molecule has 3 N–H and O–H groups in total. The molecule has 0 spiro atoms. The first kappa shape index (κ1) is 23.6. The van der Waals surface area contributed by atoms with Gasteiger partial charge in [-0.05, 0) is 16.7 Å². The second-order valence-electron chi connectivity index (χ2n) is 8.26. The molecule has 0 aromatic heterocycles. The molecule has 1 aliphatic carbocycles. The van der Waals surface area contributed by atoms with E-state index in [0.29, 0.717) is 0 Å². The standard InChI is InChI=1S/C27H30O6/c28-22-23(29)26(32-17-20-12-6-2-7-13-20)27(33-18-21-14-8-3-9-15-21)24(30)25(22)31-16-19-10-4-1-5-11-19/h1-15,22-30H,16-18H2/t22-,23-,24-,25-,26+,27-/m0/s1. The SMILES string of the molecule is O[C@H]1[C@H](O)[C@@H](OCc2ccccc2)[C@@H](OCc2ccccc2)[C@@H](O)[C@H]1OCc1ccccc1. The summed E-state index contributed by atoms with van der Waals surface area (Å²) >= 11 is 0. The fourth-order valence-electron chi connectivity index (χ4n) is 4.05. The lowest BCUT2D eigenvalue weighted by Gasteiger charge is -2.45. The van der Waals surface area contributed by atoms with Crippen molar-refractivity contribution in [1.29, 1.82) is 0 Å². The minimum atomic E-state index is -1.33. The van der Waals surface area contributed by atoms with Crippen LogP contribution < -0.4 is 0 Å². The Morgan fingerprint density at radius 3 is 1.12 bits per heavy atom. The van der Waals surface area contributed by atoms with E-state index in [4.69, 9.17) is 14.2 Å². The van der Waals surface area contributed by atoms with Crippen molar-refractivity contribution >= 4 is 0 Å². The van der Waals surface area contributed by atoms with Crippen molar-refractivity contribution in [1.82, 2.24) is 0 Å². The molecule has 33 heavy (non-hydrogen) atoms. The lowest BCUT2D eigenvalue weighted by Crippen LogP contribution is -2.65. The molecule has 6 nitrogen and oxygen atoms in total. The maximum atomic E-state index is 11.1. The Bertz CT molecular complexity index is 952. The zero-order chi connectivity index (χ0) is 23.0. The van der Waals surface area contributed by atoms with Gasteiger partial charge >= 0.3 is 0 Å². The smallest absolute Gasteiger partial charge is 0.115 e. The molecular formula is C27H30O6. The number of hydrogen-bond acceptors (Lipinski definition) is 6. The minimum Gasteiger partial charge on any atom is -0.387 e. The van der Waals surface area contributed by atoms with Gasteiger partial charge in [0.2, 0.25) is 0 Å². The topological polar surface area (TPSA) is 88.4 Å². The Hall–Kier alpha value is -2.58. The van der Waals surface area contributed by atoms with E-state index in [0.717, 1.165) is 16.7 Å². The van der Waals surface area contributed by atoms with Crippen molar-refractivity contribution in [3.63, 3.8) is 0 Å². The number of benzene rings is 3. The van der Waals surface area contributed by atoms with Gasteiger partial charge in [0.25, 0.3) is 0 Å². The van der Waals surface area contributed by atoms with Gasteiger partial charge in [-0.25, -0.2) is 0 Å². The Morgan fingerprint density at radius 1 is 0.424 bits per heavy atom. The monoisotopic (exact) mass is 450 g/mol. The van der Waals surface area contributed by atoms with Gasteiger partial charge in [0, 0.05) is 0 Å². The predicted octanol–water partition coefficient (Wildman–Crippen LogP) is 2.84. The quantitative estimate of drug-likeness (QED) is 0.465. The van der Waals surface area contributed by atoms with Gasteiger partial charge in [-0.1, -0.05) is 91.0 Å². The van der Waals surface area contributed by atoms with Gasteiger partial charge in [0.15, 0.2) is 0 Å². The third-order valence-electron chi connectivity index (χ3n) is 5.88. The molecule has 1 fully saturated rings. The predicted molar refractivity (Wildman–Crippen MR) is 123 cm³/mol.